The van der Waals surface area contributed by atoms with Gasteiger partial charge in [0, 0.05) is 61.1 Å². The zero-order valence-corrected chi connectivity index (χ0v) is 19.2. The first-order chi connectivity index (χ1) is 16.6. The highest BCUT2D eigenvalue weighted by atomic mass is 16.1. The molecule has 0 radical (unpaired) electrons. The van der Waals surface area contributed by atoms with Crippen LogP contribution in [0.25, 0.3) is 22.3 Å². The third-order valence-electron chi connectivity index (χ3n) is 6.63. The Morgan fingerprint density at radius 1 is 1.03 bits per heavy atom. The quantitative estimate of drug-likeness (QED) is 0.436. The fraction of sp³-hybridized carbons (Fsp3) is 0.280. The molecule has 0 saturated carbocycles. The number of carbonyl (C=O) groups excluding carboxylic acids is 1. The van der Waals surface area contributed by atoms with Crippen LogP contribution in [0.3, 0.4) is 0 Å². The van der Waals surface area contributed by atoms with E-state index >= 15 is 0 Å². The molecule has 0 aliphatic carbocycles. The SMILES string of the molecule is Cc1cc2c(-c3ncc(Nc4ccc(N5CCN(C)CC5)cn4)c4c3CNC4=O)ccnc2[nH]1. The van der Waals surface area contributed by atoms with Crippen molar-refractivity contribution in [3.05, 3.63) is 59.7 Å². The number of H-pyrrole nitrogens is 1. The van der Waals surface area contributed by atoms with Gasteiger partial charge in [0.1, 0.15) is 11.5 Å². The van der Waals surface area contributed by atoms with Crippen molar-refractivity contribution in [3.8, 4) is 11.3 Å². The van der Waals surface area contributed by atoms with Crippen molar-refractivity contribution in [3.63, 3.8) is 0 Å². The lowest BCUT2D eigenvalue weighted by Crippen LogP contribution is -2.44. The fourth-order valence-corrected chi connectivity index (χ4v) is 4.78. The number of anilines is 3. The molecule has 3 N–H and O–H groups in total. The summed E-state index contributed by atoms with van der Waals surface area (Å²) in [5.41, 5.74) is 6.87. The smallest absolute Gasteiger partial charge is 0.254 e. The van der Waals surface area contributed by atoms with Gasteiger partial charge >= 0.3 is 0 Å². The number of aromatic amines is 1. The van der Waals surface area contributed by atoms with Crippen LogP contribution in [0.1, 0.15) is 21.6 Å². The second kappa shape index (κ2) is 8.11. The number of hydrogen-bond acceptors (Lipinski definition) is 7. The Labute approximate surface area is 197 Å². The minimum Gasteiger partial charge on any atom is -0.368 e. The van der Waals surface area contributed by atoms with Gasteiger partial charge < -0.3 is 25.4 Å². The third kappa shape index (κ3) is 3.54. The van der Waals surface area contributed by atoms with Crippen molar-refractivity contribution >= 4 is 34.1 Å². The average Bonchev–Trinajstić information content (AvgIpc) is 3.43. The monoisotopic (exact) mass is 454 g/mol. The van der Waals surface area contributed by atoms with Gasteiger partial charge in [0.25, 0.3) is 5.91 Å². The Balaban J connectivity index is 1.32. The second-order valence-electron chi connectivity index (χ2n) is 8.95. The third-order valence-corrected chi connectivity index (χ3v) is 6.63. The van der Waals surface area contributed by atoms with E-state index < -0.39 is 0 Å². The van der Waals surface area contributed by atoms with Gasteiger partial charge in [-0.3, -0.25) is 9.78 Å². The maximum absolute atomic E-state index is 12.8. The Morgan fingerprint density at radius 3 is 2.68 bits per heavy atom. The lowest BCUT2D eigenvalue weighted by Gasteiger charge is -2.33. The fourth-order valence-electron chi connectivity index (χ4n) is 4.78. The number of aryl methyl sites for hydroxylation is 1. The molecule has 34 heavy (non-hydrogen) atoms. The summed E-state index contributed by atoms with van der Waals surface area (Å²) in [6.45, 7) is 6.52. The van der Waals surface area contributed by atoms with Crippen LogP contribution < -0.4 is 15.5 Å². The predicted molar refractivity (Wildman–Crippen MR) is 132 cm³/mol. The number of fused-ring (bicyclic) bond motifs is 2. The van der Waals surface area contributed by atoms with Crippen LogP contribution in [0.4, 0.5) is 17.2 Å². The molecule has 0 atom stereocenters. The summed E-state index contributed by atoms with van der Waals surface area (Å²) in [5.74, 6) is 0.577. The van der Waals surface area contributed by atoms with E-state index in [-0.39, 0.29) is 5.91 Å². The summed E-state index contributed by atoms with van der Waals surface area (Å²) < 4.78 is 0. The number of hydrogen-bond donors (Lipinski definition) is 3. The first kappa shape index (κ1) is 20.6. The molecule has 1 amide bonds. The van der Waals surface area contributed by atoms with E-state index in [1.165, 1.54) is 0 Å². The first-order valence-corrected chi connectivity index (χ1v) is 11.5. The molecular formula is C25H26N8O. The zero-order valence-electron chi connectivity index (χ0n) is 19.2. The predicted octanol–water partition coefficient (Wildman–Crippen LogP) is 3.07. The largest absolute Gasteiger partial charge is 0.368 e. The van der Waals surface area contributed by atoms with Crippen molar-refractivity contribution in [1.82, 2.24) is 30.2 Å². The Hall–Kier alpha value is -3.98. The van der Waals surface area contributed by atoms with Gasteiger partial charge in [-0.25, -0.2) is 9.97 Å². The lowest BCUT2D eigenvalue weighted by molar-refractivity contribution is 0.0966. The van der Waals surface area contributed by atoms with Crippen LogP contribution in [-0.2, 0) is 6.54 Å². The molecular weight excluding hydrogens is 428 g/mol. The molecule has 1 saturated heterocycles. The van der Waals surface area contributed by atoms with E-state index in [1.807, 2.05) is 25.3 Å². The number of rotatable bonds is 4. The Bertz CT molecular complexity index is 1390. The number of piperazine rings is 1. The van der Waals surface area contributed by atoms with E-state index in [0.717, 1.165) is 65.4 Å². The second-order valence-corrected chi connectivity index (χ2v) is 8.95. The van der Waals surface area contributed by atoms with Gasteiger partial charge in [-0.05, 0) is 38.2 Å². The van der Waals surface area contributed by atoms with Crippen molar-refractivity contribution in [2.45, 2.75) is 13.5 Å². The molecule has 0 unspecified atom stereocenters. The van der Waals surface area contributed by atoms with Crippen LogP contribution >= 0.6 is 0 Å². The molecule has 9 heteroatoms. The van der Waals surface area contributed by atoms with E-state index in [4.69, 9.17) is 4.98 Å². The maximum Gasteiger partial charge on any atom is 0.254 e. The molecule has 6 heterocycles. The Morgan fingerprint density at radius 2 is 1.88 bits per heavy atom. The van der Waals surface area contributed by atoms with Crippen LogP contribution in [-0.4, -0.2) is 64.0 Å². The van der Waals surface area contributed by atoms with E-state index in [1.54, 1.807) is 12.4 Å². The minimum atomic E-state index is -0.106. The summed E-state index contributed by atoms with van der Waals surface area (Å²) in [4.78, 5) is 34.5. The van der Waals surface area contributed by atoms with Gasteiger partial charge in [-0.1, -0.05) is 0 Å². The molecule has 172 valence electrons. The molecule has 4 aromatic heterocycles. The van der Waals surface area contributed by atoms with E-state index in [9.17, 15) is 4.79 Å². The number of carbonyl (C=O) groups is 1. The summed E-state index contributed by atoms with van der Waals surface area (Å²) >= 11 is 0. The Kier molecular flexibility index (Phi) is 4.91. The van der Waals surface area contributed by atoms with E-state index in [0.29, 0.717) is 23.6 Å². The van der Waals surface area contributed by atoms with Gasteiger partial charge in [0.05, 0.1) is 35.0 Å². The molecule has 2 aliphatic heterocycles. The van der Waals surface area contributed by atoms with Crippen LogP contribution in [0, 0.1) is 6.92 Å². The van der Waals surface area contributed by atoms with E-state index in [2.05, 4.69) is 54.6 Å². The average molecular weight is 455 g/mol. The minimum absolute atomic E-state index is 0.106. The number of nitrogens with zero attached hydrogens (tertiary/aromatic N) is 5. The molecule has 0 spiro atoms. The molecule has 0 bridgehead atoms. The van der Waals surface area contributed by atoms with Crippen molar-refractivity contribution in [2.24, 2.45) is 0 Å². The number of aromatic nitrogens is 4. The van der Waals surface area contributed by atoms with Crippen molar-refractivity contribution < 1.29 is 4.79 Å². The van der Waals surface area contributed by atoms with Gasteiger partial charge in [0.15, 0.2) is 0 Å². The number of nitrogens with one attached hydrogen (secondary N) is 3. The molecule has 2 aliphatic rings. The normalized spacial score (nSPS) is 16.1. The first-order valence-electron chi connectivity index (χ1n) is 11.5. The van der Waals surface area contributed by atoms with Gasteiger partial charge in [-0.2, -0.15) is 0 Å². The number of amides is 1. The number of pyridine rings is 3. The van der Waals surface area contributed by atoms with Gasteiger partial charge in [0.2, 0.25) is 0 Å². The lowest BCUT2D eigenvalue weighted by atomic mass is 10.0. The van der Waals surface area contributed by atoms with Crippen LogP contribution in [0.15, 0.2) is 42.9 Å². The van der Waals surface area contributed by atoms with Crippen molar-refractivity contribution in [1.29, 1.82) is 0 Å². The van der Waals surface area contributed by atoms with Crippen LogP contribution in [0.5, 0.6) is 0 Å². The maximum atomic E-state index is 12.8. The molecule has 4 aromatic rings. The number of likely N-dealkylation sites (N-methyl/N-ethyl adjacent to an activating group) is 1. The summed E-state index contributed by atoms with van der Waals surface area (Å²) in [7, 11) is 2.15. The highest BCUT2D eigenvalue weighted by Gasteiger charge is 2.28. The summed E-state index contributed by atoms with van der Waals surface area (Å²) in [5, 5.41) is 7.27. The summed E-state index contributed by atoms with van der Waals surface area (Å²) in [6.07, 6.45) is 5.38. The summed E-state index contributed by atoms with van der Waals surface area (Å²) in [6, 6.07) is 8.04. The standard InChI is InChI=1S/C25H26N8O/c1-15-11-18-17(5-6-26-24(18)30-15)23-19-13-29-25(34)22(19)20(14-28-23)31-21-4-3-16(12-27-21)33-9-7-32(2)8-10-33/h3-6,11-12,14H,7-10,13H2,1-2H3,(H,26,30)(H,27,31)(H,29,34). The topological polar surface area (TPSA) is 102 Å². The molecule has 9 nitrogen and oxygen atoms in total. The molecule has 0 aromatic carbocycles. The van der Waals surface area contributed by atoms with Crippen LogP contribution in [0.2, 0.25) is 0 Å². The highest BCUT2D eigenvalue weighted by Crippen LogP contribution is 2.36. The zero-order chi connectivity index (χ0) is 23.2. The van der Waals surface area contributed by atoms with Gasteiger partial charge in [-0.15, -0.1) is 0 Å². The molecule has 1 fully saturated rings. The molecule has 6 rings (SSSR count). The highest BCUT2D eigenvalue weighted by molar-refractivity contribution is 6.06. The van der Waals surface area contributed by atoms with Crippen molar-refractivity contribution in [2.75, 3.05) is 43.4 Å².